The van der Waals surface area contributed by atoms with Crippen LogP contribution in [0.25, 0.3) is 6.08 Å². The molecule has 0 aromatic carbocycles. The maximum atomic E-state index is 15.4. The van der Waals surface area contributed by atoms with E-state index >= 15 is 4.39 Å². The van der Waals surface area contributed by atoms with Gasteiger partial charge in [0.15, 0.2) is 6.10 Å². The molecule has 7 nitrogen and oxygen atoms in total. The number of halogens is 1. The van der Waals surface area contributed by atoms with Crippen LogP contribution in [0.4, 0.5) is 4.39 Å². The van der Waals surface area contributed by atoms with Gasteiger partial charge in [-0.3, -0.25) is 14.6 Å². The number of cyclic esters (lactones) is 1. The molecule has 0 aliphatic carbocycles. The molecule has 7 atom stereocenters. The smallest absolute Gasteiger partial charge is 0.309 e. The van der Waals surface area contributed by atoms with Crippen LogP contribution < -0.4 is 0 Å². The number of carbonyl (C=O) groups excluding carboxylic acids is 2. The van der Waals surface area contributed by atoms with Crippen LogP contribution in [0.15, 0.2) is 30.2 Å². The first-order chi connectivity index (χ1) is 17.9. The number of Topliss-reactive ketones (excluding diaryl/α,β-unsaturated/α-hetero) is 1. The summed E-state index contributed by atoms with van der Waals surface area (Å²) in [7, 11) is 0. The summed E-state index contributed by atoms with van der Waals surface area (Å²) >= 11 is 0. The molecule has 0 saturated carbocycles. The molecular weight excluding hydrogens is 489 g/mol. The van der Waals surface area contributed by atoms with E-state index in [2.05, 4.69) is 4.98 Å². The lowest BCUT2D eigenvalue weighted by Gasteiger charge is -2.36. The third kappa shape index (κ3) is 7.48. The number of unbranched alkanes of at least 4 members (excludes halogenated alkanes) is 1. The number of epoxide rings is 1. The Morgan fingerprint density at radius 3 is 2.63 bits per heavy atom. The molecule has 1 aromatic heterocycles. The van der Waals surface area contributed by atoms with Gasteiger partial charge in [-0.15, -0.1) is 0 Å². The molecule has 0 amide bonds. The number of carbonyl (C=O) groups is 2. The summed E-state index contributed by atoms with van der Waals surface area (Å²) in [5, 5.41) is 22.2. The van der Waals surface area contributed by atoms with Gasteiger partial charge in [0, 0.05) is 18.5 Å². The number of aliphatic hydroxyl groups is 2. The van der Waals surface area contributed by atoms with Crippen LogP contribution in [-0.4, -0.2) is 57.0 Å². The van der Waals surface area contributed by atoms with Crippen molar-refractivity contribution in [2.24, 2.45) is 17.3 Å². The van der Waals surface area contributed by atoms with Gasteiger partial charge in [0.05, 0.1) is 41.4 Å². The number of rotatable bonds is 5. The second kappa shape index (κ2) is 12.8. The molecule has 0 spiro atoms. The maximum Gasteiger partial charge on any atom is 0.309 e. The summed E-state index contributed by atoms with van der Waals surface area (Å²) in [6, 6.07) is 5.11. The average molecular weight is 534 g/mol. The van der Waals surface area contributed by atoms with Crippen molar-refractivity contribution in [3.63, 3.8) is 0 Å². The Hall–Kier alpha value is -2.16. The minimum Gasteiger partial charge on any atom is -0.455 e. The van der Waals surface area contributed by atoms with Gasteiger partial charge in [0.1, 0.15) is 11.6 Å². The van der Waals surface area contributed by atoms with Gasteiger partial charge in [-0.25, -0.2) is 4.39 Å². The van der Waals surface area contributed by atoms with Gasteiger partial charge in [0.25, 0.3) is 0 Å². The van der Waals surface area contributed by atoms with Gasteiger partial charge >= 0.3 is 5.97 Å². The fraction of sp³-hybridized carbons (Fsp3) is 0.700. The largest absolute Gasteiger partial charge is 0.455 e. The monoisotopic (exact) mass is 533 g/mol. The molecule has 3 rings (SSSR count). The van der Waals surface area contributed by atoms with Gasteiger partial charge < -0.3 is 19.7 Å². The Kier molecular flexibility index (Phi) is 10.2. The zero-order valence-electron chi connectivity index (χ0n) is 23.4. The lowest BCUT2D eigenvalue weighted by atomic mass is 9.71. The first-order valence-corrected chi connectivity index (χ1v) is 13.9. The molecule has 38 heavy (non-hydrogen) atoms. The topological polar surface area (TPSA) is 109 Å². The Morgan fingerprint density at radius 2 is 1.97 bits per heavy atom. The SMILES string of the molecule is CCCC[C@H]1C(=O)C(C)(C)[C@@H](O)CC(=O)O[C@H](/C(F)=C/c2ccccn2)C[C@@H]2O[C@]2(C)CCC[C@H](C)[C@@H]1O. The highest BCUT2D eigenvalue weighted by Crippen LogP contribution is 2.45. The zero-order chi connectivity index (χ0) is 28.1. The van der Waals surface area contributed by atoms with Crippen molar-refractivity contribution in [3.8, 4) is 0 Å². The second-order valence-electron chi connectivity index (χ2n) is 11.8. The normalized spacial score (nSPS) is 35.3. The number of ketones is 1. The molecule has 0 radical (unpaired) electrons. The highest BCUT2D eigenvalue weighted by atomic mass is 19.1. The Balaban J connectivity index is 1.88. The van der Waals surface area contributed by atoms with Crippen molar-refractivity contribution >= 4 is 17.8 Å². The van der Waals surface area contributed by atoms with E-state index in [1.807, 2.05) is 20.8 Å². The number of aromatic nitrogens is 1. The summed E-state index contributed by atoms with van der Waals surface area (Å²) in [5.41, 5.74) is -1.38. The number of hydrogen-bond donors (Lipinski definition) is 2. The first-order valence-electron chi connectivity index (χ1n) is 13.9. The van der Waals surface area contributed by atoms with Crippen molar-refractivity contribution in [1.82, 2.24) is 4.98 Å². The molecule has 1 aromatic rings. The number of fused-ring (bicyclic) bond motifs is 1. The second-order valence-corrected chi connectivity index (χ2v) is 11.8. The standard InChI is InChI=1S/C30H44FNO6/c1-6-7-13-21-27(35)19(2)11-10-14-30(5)25(38-30)17-23(22(31)16-20-12-8-9-15-32-20)37-26(34)18-24(33)29(3,4)28(21)36/h8-9,12,15-16,19,21,23-25,27,33,35H,6-7,10-11,13-14,17-18H2,1-5H3/b22-16-/t19-,21+,23-,24-,25-,27-,30+/m0/s1. The third-order valence-electron chi connectivity index (χ3n) is 8.38. The van der Waals surface area contributed by atoms with Crippen molar-refractivity contribution in [1.29, 1.82) is 0 Å². The van der Waals surface area contributed by atoms with Crippen LogP contribution in [0.1, 0.15) is 91.7 Å². The third-order valence-corrected chi connectivity index (χ3v) is 8.38. The van der Waals surface area contributed by atoms with Crippen molar-refractivity contribution in [3.05, 3.63) is 35.9 Å². The number of aliphatic hydroxyl groups excluding tert-OH is 2. The molecule has 2 fully saturated rings. The Morgan fingerprint density at radius 1 is 1.24 bits per heavy atom. The fourth-order valence-electron chi connectivity index (χ4n) is 5.40. The number of ether oxygens (including phenoxy) is 2. The summed E-state index contributed by atoms with van der Waals surface area (Å²) in [6.07, 6.45) is 3.08. The van der Waals surface area contributed by atoms with Gasteiger partial charge in [0.2, 0.25) is 0 Å². The molecule has 3 heterocycles. The minimum absolute atomic E-state index is 0.126. The van der Waals surface area contributed by atoms with Crippen LogP contribution in [0.3, 0.4) is 0 Å². The number of esters is 1. The molecule has 2 N–H and O–H groups in total. The number of hydrogen-bond acceptors (Lipinski definition) is 7. The van der Waals surface area contributed by atoms with E-state index in [1.165, 1.54) is 6.08 Å². The summed E-state index contributed by atoms with van der Waals surface area (Å²) < 4.78 is 26.9. The van der Waals surface area contributed by atoms with Gasteiger partial charge in [-0.2, -0.15) is 0 Å². The van der Waals surface area contributed by atoms with E-state index < -0.39 is 53.5 Å². The van der Waals surface area contributed by atoms with Crippen LogP contribution in [0.2, 0.25) is 0 Å². The maximum absolute atomic E-state index is 15.4. The highest BCUT2D eigenvalue weighted by molar-refractivity contribution is 5.88. The number of pyridine rings is 1. The van der Waals surface area contributed by atoms with Crippen molar-refractivity contribution in [2.45, 2.75) is 116 Å². The van der Waals surface area contributed by atoms with Crippen LogP contribution >= 0.6 is 0 Å². The van der Waals surface area contributed by atoms with Gasteiger partial charge in [-0.1, -0.05) is 53.0 Å². The summed E-state index contributed by atoms with van der Waals surface area (Å²) in [4.78, 5) is 30.7. The van der Waals surface area contributed by atoms with Gasteiger partial charge in [-0.05, 0) is 50.3 Å². The summed E-state index contributed by atoms with van der Waals surface area (Å²) in [5.74, 6) is -2.50. The fourth-order valence-corrected chi connectivity index (χ4v) is 5.40. The molecule has 8 heteroatoms. The zero-order valence-corrected chi connectivity index (χ0v) is 23.4. The van der Waals surface area contributed by atoms with E-state index in [-0.39, 0.29) is 24.2 Å². The van der Waals surface area contributed by atoms with E-state index in [9.17, 15) is 19.8 Å². The summed E-state index contributed by atoms with van der Waals surface area (Å²) in [6.45, 7) is 9.12. The van der Waals surface area contributed by atoms with Crippen LogP contribution in [0, 0.1) is 17.3 Å². The lowest BCUT2D eigenvalue weighted by molar-refractivity contribution is -0.155. The minimum atomic E-state index is -1.35. The van der Waals surface area contributed by atoms with E-state index in [4.69, 9.17) is 9.47 Å². The van der Waals surface area contributed by atoms with E-state index in [1.54, 1.807) is 38.2 Å². The Bertz CT molecular complexity index is 982. The lowest BCUT2D eigenvalue weighted by Crippen LogP contribution is -2.46. The van der Waals surface area contributed by atoms with E-state index in [0.29, 0.717) is 25.0 Å². The van der Waals surface area contributed by atoms with Crippen molar-refractivity contribution < 1.29 is 33.7 Å². The number of nitrogens with zero attached hydrogens (tertiary/aromatic N) is 1. The molecule has 0 bridgehead atoms. The van der Waals surface area contributed by atoms with E-state index in [0.717, 1.165) is 19.3 Å². The van der Waals surface area contributed by atoms with Crippen molar-refractivity contribution in [2.75, 3.05) is 0 Å². The first kappa shape index (κ1) is 30.4. The predicted molar refractivity (Wildman–Crippen MR) is 143 cm³/mol. The average Bonchev–Trinajstić information content (AvgIpc) is 3.51. The highest BCUT2D eigenvalue weighted by Gasteiger charge is 2.53. The Labute approximate surface area is 225 Å². The van der Waals surface area contributed by atoms with Crippen LogP contribution in [-0.2, 0) is 19.1 Å². The molecule has 0 unspecified atom stereocenters. The molecular formula is C30H44FNO6. The molecule has 2 aliphatic rings. The molecule has 2 aliphatic heterocycles. The predicted octanol–water partition coefficient (Wildman–Crippen LogP) is 5.19. The molecule has 212 valence electrons. The quantitative estimate of drug-likeness (QED) is 0.396. The molecule has 2 saturated heterocycles. The van der Waals surface area contributed by atoms with Crippen LogP contribution in [0.5, 0.6) is 0 Å².